The molecule has 2 rings (SSSR count). The van der Waals surface area contributed by atoms with Gasteiger partial charge in [0.15, 0.2) is 0 Å². The maximum Gasteiger partial charge on any atom is 0.416 e. The van der Waals surface area contributed by atoms with Crippen LogP contribution in [0.25, 0.3) is 0 Å². The Morgan fingerprint density at radius 3 is 2.58 bits per heavy atom. The zero-order valence-electron chi connectivity index (χ0n) is 10.2. The highest BCUT2D eigenvalue weighted by Gasteiger charge is 2.30. The van der Waals surface area contributed by atoms with E-state index in [-0.39, 0.29) is 12.1 Å². The van der Waals surface area contributed by atoms with Gasteiger partial charge in [0.2, 0.25) is 0 Å². The third-order valence-corrected chi connectivity index (χ3v) is 2.74. The number of rotatable bonds is 2. The molecule has 0 bridgehead atoms. The maximum atomic E-state index is 12.6. The molecule has 0 saturated carbocycles. The van der Waals surface area contributed by atoms with Gasteiger partial charge in [0.1, 0.15) is 0 Å². The van der Waals surface area contributed by atoms with Gasteiger partial charge in [-0.05, 0) is 30.2 Å². The summed E-state index contributed by atoms with van der Waals surface area (Å²) >= 11 is 0. The second-order valence-corrected chi connectivity index (χ2v) is 4.37. The number of hydrogen-bond donors (Lipinski definition) is 0. The first kappa shape index (κ1) is 13.4. The van der Waals surface area contributed by atoms with E-state index in [0.29, 0.717) is 5.56 Å². The maximum absolute atomic E-state index is 12.6. The van der Waals surface area contributed by atoms with E-state index >= 15 is 0 Å². The Hall–Kier alpha value is -2.04. The molecular weight excluding hydrogens is 255 g/mol. The lowest BCUT2D eigenvalue weighted by molar-refractivity contribution is -0.137. The van der Waals surface area contributed by atoms with E-state index in [1.165, 1.54) is 16.7 Å². The third kappa shape index (κ3) is 3.24. The summed E-state index contributed by atoms with van der Waals surface area (Å²) in [5, 5.41) is 0. The van der Waals surface area contributed by atoms with Crippen molar-refractivity contribution < 1.29 is 13.2 Å². The average molecular weight is 267 g/mol. The van der Waals surface area contributed by atoms with Crippen LogP contribution in [-0.4, -0.2) is 4.57 Å². The predicted molar refractivity (Wildman–Crippen MR) is 66.0 cm³/mol. The van der Waals surface area contributed by atoms with Crippen LogP contribution in [0.2, 0.25) is 0 Å². The Morgan fingerprint density at radius 2 is 1.89 bits per heavy atom. The number of nitrogens with zero attached hydrogens (tertiary/aromatic N) is 1. The minimum absolute atomic E-state index is 0.129. The quantitative estimate of drug-likeness (QED) is 0.818. The van der Waals surface area contributed by atoms with Crippen molar-refractivity contribution in [3.63, 3.8) is 0 Å². The fourth-order valence-corrected chi connectivity index (χ4v) is 1.82. The van der Waals surface area contributed by atoms with E-state index < -0.39 is 11.7 Å². The molecule has 0 saturated heterocycles. The van der Waals surface area contributed by atoms with Gasteiger partial charge in [-0.2, -0.15) is 13.2 Å². The second kappa shape index (κ2) is 4.91. The molecule has 1 aromatic carbocycles. The molecule has 0 amide bonds. The standard InChI is InChI=1S/C14H12F3NO/c1-10-5-6-13(19)18(8-10)9-11-3-2-4-12(7-11)14(15,16)17/h2-8H,9H2,1H3. The molecule has 5 heteroatoms. The molecule has 1 heterocycles. The van der Waals surface area contributed by atoms with Crippen molar-refractivity contribution in [1.29, 1.82) is 0 Å². The average Bonchev–Trinajstić information content (AvgIpc) is 2.33. The molecule has 0 N–H and O–H groups in total. The fraction of sp³-hybridized carbons (Fsp3) is 0.214. The van der Waals surface area contributed by atoms with Crippen molar-refractivity contribution in [2.75, 3.05) is 0 Å². The van der Waals surface area contributed by atoms with Gasteiger partial charge >= 0.3 is 6.18 Å². The zero-order chi connectivity index (χ0) is 14.0. The van der Waals surface area contributed by atoms with Crippen LogP contribution in [-0.2, 0) is 12.7 Å². The lowest BCUT2D eigenvalue weighted by Gasteiger charge is -2.10. The summed E-state index contributed by atoms with van der Waals surface area (Å²) in [5.41, 5.74) is 0.391. The number of aromatic nitrogens is 1. The van der Waals surface area contributed by atoms with Gasteiger partial charge in [-0.1, -0.05) is 18.2 Å². The lowest BCUT2D eigenvalue weighted by Crippen LogP contribution is -2.19. The number of aryl methyl sites for hydroxylation is 1. The van der Waals surface area contributed by atoms with E-state index in [9.17, 15) is 18.0 Å². The van der Waals surface area contributed by atoms with Crippen LogP contribution in [0.3, 0.4) is 0 Å². The Labute approximate surface area is 108 Å². The van der Waals surface area contributed by atoms with E-state index in [0.717, 1.165) is 17.7 Å². The molecule has 0 aliphatic heterocycles. The lowest BCUT2D eigenvalue weighted by atomic mass is 10.1. The van der Waals surface area contributed by atoms with Crippen LogP contribution in [0.4, 0.5) is 13.2 Å². The highest BCUT2D eigenvalue weighted by Crippen LogP contribution is 2.29. The summed E-state index contributed by atoms with van der Waals surface area (Å²) in [4.78, 5) is 11.6. The molecule has 0 spiro atoms. The second-order valence-electron chi connectivity index (χ2n) is 4.37. The molecule has 0 aliphatic rings. The highest BCUT2D eigenvalue weighted by atomic mass is 19.4. The summed E-state index contributed by atoms with van der Waals surface area (Å²) in [7, 11) is 0. The fourth-order valence-electron chi connectivity index (χ4n) is 1.82. The number of halogens is 3. The molecule has 2 nitrogen and oxygen atoms in total. The van der Waals surface area contributed by atoms with Gasteiger partial charge in [0.05, 0.1) is 12.1 Å². The van der Waals surface area contributed by atoms with Gasteiger partial charge in [-0.15, -0.1) is 0 Å². The highest BCUT2D eigenvalue weighted by molar-refractivity contribution is 5.26. The Kier molecular flexibility index (Phi) is 3.46. The van der Waals surface area contributed by atoms with Crippen LogP contribution in [0, 0.1) is 6.92 Å². The van der Waals surface area contributed by atoms with Gasteiger partial charge < -0.3 is 4.57 Å². The predicted octanol–water partition coefficient (Wildman–Crippen LogP) is 3.22. The van der Waals surface area contributed by atoms with Crippen LogP contribution < -0.4 is 5.56 Å². The van der Waals surface area contributed by atoms with Gasteiger partial charge in [-0.25, -0.2) is 0 Å². The molecule has 0 unspecified atom stereocenters. The van der Waals surface area contributed by atoms with Crippen LogP contribution in [0.1, 0.15) is 16.7 Å². The van der Waals surface area contributed by atoms with E-state index in [2.05, 4.69) is 0 Å². The summed E-state index contributed by atoms with van der Waals surface area (Å²) in [6.45, 7) is 1.95. The summed E-state index contributed by atoms with van der Waals surface area (Å²) in [6.07, 6.45) is -2.74. The summed E-state index contributed by atoms with van der Waals surface area (Å²) < 4.78 is 39.1. The normalized spacial score (nSPS) is 11.6. The molecular formula is C14H12F3NO. The van der Waals surface area contributed by atoms with Crippen molar-refractivity contribution in [2.24, 2.45) is 0 Å². The minimum atomic E-state index is -4.37. The molecule has 100 valence electrons. The largest absolute Gasteiger partial charge is 0.416 e. The first-order valence-corrected chi connectivity index (χ1v) is 5.69. The van der Waals surface area contributed by atoms with Gasteiger partial charge in [0.25, 0.3) is 5.56 Å². The molecule has 2 aromatic rings. The number of pyridine rings is 1. The molecule has 0 atom stereocenters. The third-order valence-electron chi connectivity index (χ3n) is 2.74. The van der Waals surface area contributed by atoms with Crippen molar-refractivity contribution >= 4 is 0 Å². The first-order valence-electron chi connectivity index (χ1n) is 5.69. The van der Waals surface area contributed by atoms with Crippen molar-refractivity contribution in [3.05, 3.63) is 69.6 Å². The Bertz CT molecular complexity index is 644. The van der Waals surface area contributed by atoms with Crippen molar-refractivity contribution in [3.8, 4) is 0 Å². The number of hydrogen-bond acceptors (Lipinski definition) is 1. The number of benzene rings is 1. The zero-order valence-corrected chi connectivity index (χ0v) is 10.2. The number of alkyl halides is 3. The SMILES string of the molecule is Cc1ccc(=O)n(Cc2cccc(C(F)(F)F)c2)c1. The molecule has 0 fully saturated rings. The monoisotopic (exact) mass is 267 g/mol. The Balaban J connectivity index is 2.34. The summed E-state index contributed by atoms with van der Waals surface area (Å²) in [6, 6.07) is 8.08. The van der Waals surface area contributed by atoms with E-state index in [1.807, 2.05) is 6.92 Å². The van der Waals surface area contributed by atoms with E-state index in [4.69, 9.17) is 0 Å². The Morgan fingerprint density at radius 1 is 1.16 bits per heavy atom. The molecule has 0 aliphatic carbocycles. The first-order chi connectivity index (χ1) is 8.86. The van der Waals surface area contributed by atoms with Crippen molar-refractivity contribution in [2.45, 2.75) is 19.6 Å². The molecule has 19 heavy (non-hydrogen) atoms. The topological polar surface area (TPSA) is 22.0 Å². The minimum Gasteiger partial charge on any atom is -0.311 e. The van der Waals surface area contributed by atoms with Gasteiger partial charge in [-0.3, -0.25) is 4.79 Å². The van der Waals surface area contributed by atoms with E-state index in [1.54, 1.807) is 18.3 Å². The van der Waals surface area contributed by atoms with Crippen LogP contribution >= 0.6 is 0 Å². The smallest absolute Gasteiger partial charge is 0.311 e. The summed E-state index contributed by atoms with van der Waals surface area (Å²) in [5.74, 6) is 0. The van der Waals surface area contributed by atoms with Gasteiger partial charge in [0, 0.05) is 12.3 Å². The molecule has 1 aromatic heterocycles. The van der Waals surface area contributed by atoms with Crippen LogP contribution in [0.5, 0.6) is 0 Å². The van der Waals surface area contributed by atoms with Crippen molar-refractivity contribution in [1.82, 2.24) is 4.57 Å². The molecule has 0 radical (unpaired) electrons. The van der Waals surface area contributed by atoms with Crippen LogP contribution in [0.15, 0.2) is 47.4 Å².